The number of nitrogens with zero attached hydrogens (tertiary/aromatic N) is 2. The van der Waals surface area contributed by atoms with Crippen molar-refractivity contribution in [2.75, 3.05) is 10.6 Å². The van der Waals surface area contributed by atoms with Crippen LogP contribution in [0.1, 0.15) is 28.9 Å². The van der Waals surface area contributed by atoms with Gasteiger partial charge in [-0.25, -0.2) is 0 Å². The first-order valence-electron chi connectivity index (χ1n) is 6.79. The Morgan fingerprint density at radius 2 is 1.95 bits per heavy atom. The molecule has 21 heavy (non-hydrogen) atoms. The summed E-state index contributed by atoms with van der Waals surface area (Å²) in [6.07, 6.45) is 3.97. The number of amides is 1. The first-order chi connectivity index (χ1) is 10.2. The van der Waals surface area contributed by atoms with Crippen molar-refractivity contribution in [1.29, 1.82) is 5.26 Å². The van der Waals surface area contributed by atoms with Gasteiger partial charge in [0, 0.05) is 23.6 Å². The zero-order chi connectivity index (χ0) is 14.7. The van der Waals surface area contributed by atoms with Crippen LogP contribution in [0.25, 0.3) is 0 Å². The highest BCUT2D eigenvalue weighted by atomic mass is 16.1. The zero-order valence-electron chi connectivity index (χ0n) is 11.3. The summed E-state index contributed by atoms with van der Waals surface area (Å²) in [6, 6.07) is 12.9. The van der Waals surface area contributed by atoms with Gasteiger partial charge < -0.3 is 10.6 Å². The van der Waals surface area contributed by atoms with E-state index >= 15 is 0 Å². The number of carbonyl (C=O) groups is 1. The highest BCUT2D eigenvalue weighted by molar-refractivity contribution is 6.03. The molecule has 1 aliphatic rings. The maximum absolute atomic E-state index is 12.2. The van der Waals surface area contributed by atoms with Gasteiger partial charge in [-0.15, -0.1) is 0 Å². The number of hydrogen-bond donors (Lipinski definition) is 2. The Balaban J connectivity index is 1.70. The first kappa shape index (κ1) is 13.1. The molecule has 1 heterocycles. The van der Waals surface area contributed by atoms with Crippen LogP contribution in [0.3, 0.4) is 0 Å². The Bertz CT molecular complexity index is 699. The summed E-state index contributed by atoms with van der Waals surface area (Å²) in [4.78, 5) is 16.2. The fourth-order valence-corrected chi connectivity index (χ4v) is 1.93. The molecule has 5 heteroatoms. The van der Waals surface area contributed by atoms with Gasteiger partial charge in [0.25, 0.3) is 5.91 Å². The van der Waals surface area contributed by atoms with E-state index in [0.717, 1.165) is 5.69 Å². The molecule has 1 amide bonds. The predicted octanol–water partition coefficient (Wildman–Crippen LogP) is 2.78. The first-order valence-corrected chi connectivity index (χ1v) is 6.79. The van der Waals surface area contributed by atoms with Crippen LogP contribution in [-0.4, -0.2) is 16.9 Å². The number of anilines is 2. The van der Waals surface area contributed by atoms with E-state index in [9.17, 15) is 4.79 Å². The molecule has 104 valence electrons. The summed E-state index contributed by atoms with van der Waals surface area (Å²) >= 11 is 0. The standard InChI is InChI=1S/C16H14N4O/c17-10-11-1-3-13(4-2-11)20-16(21)15-9-14(7-8-18-15)19-12-5-6-12/h1-4,7-9,12H,5-6H2,(H,18,19)(H,20,21). The summed E-state index contributed by atoms with van der Waals surface area (Å²) in [6.45, 7) is 0. The largest absolute Gasteiger partial charge is 0.382 e. The van der Waals surface area contributed by atoms with E-state index in [1.165, 1.54) is 12.8 Å². The minimum atomic E-state index is -0.265. The van der Waals surface area contributed by atoms with Gasteiger partial charge in [0.15, 0.2) is 0 Å². The second-order valence-electron chi connectivity index (χ2n) is 4.99. The van der Waals surface area contributed by atoms with Crippen molar-refractivity contribution in [1.82, 2.24) is 4.98 Å². The van der Waals surface area contributed by atoms with Crippen molar-refractivity contribution in [3.8, 4) is 6.07 Å². The van der Waals surface area contributed by atoms with Crippen LogP contribution in [0.4, 0.5) is 11.4 Å². The van der Waals surface area contributed by atoms with E-state index in [1.54, 1.807) is 36.5 Å². The molecule has 0 atom stereocenters. The van der Waals surface area contributed by atoms with Crippen LogP contribution in [0.15, 0.2) is 42.6 Å². The van der Waals surface area contributed by atoms with E-state index < -0.39 is 0 Å². The lowest BCUT2D eigenvalue weighted by atomic mass is 10.2. The maximum atomic E-state index is 12.2. The molecular formula is C16H14N4O. The molecule has 0 radical (unpaired) electrons. The molecule has 0 spiro atoms. The van der Waals surface area contributed by atoms with Crippen LogP contribution in [0.2, 0.25) is 0 Å². The summed E-state index contributed by atoms with van der Waals surface area (Å²) < 4.78 is 0. The lowest BCUT2D eigenvalue weighted by Crippen LogP contribution is -2.14. The average molecular weight is 278 g/mol. The van der Waals surface area contributed by atoms with E-state index in [2.05, 4.69) is 15.6 Å². The van der Waals surface area contributed by atoms with E-state index in [1.807, 2.05) is 12.1 Å². The lowest BCUT2D eigenvalue weighted by Gasteiger charge is -2.07. The molecule has 0 aliphatic heterocycles. The molecule has 1 aliphatic carbocycles. The van der Waals surface area contributed by atoms with Gasteiger partial charge in [-0.05, 0) is 49.2 Å². The topological polar surface area (TPSA) is 77.8 Å². The Kier molecular flexibility index (Phi) is 3.52. The Labute approximate surface area is 122 Å². The Hall–Kier alpha value is -2.87. The van der Waals surface area contributed by atoms with E-state index in [4.69, 9.17) is 5.26 Å². The van der Waals surface area contributed by atoms with Crippen LogP contribution < -0.4 is 10.6 Å². The van der Waals surface area contributed by atoms with Crippen molar-refractivity contribution in [2.24, 2.45) is 0 Å². The lowest BCUT2D eigenvalue weighted by molar-refractivity contribution is 0.102. The van der Waals surface area contributed by atoms with E-state index in [0.29, 0.717) is 23.0 Å². The summed E-state index contributed by atoms with van der Waals surface area (Å²) in [5.41, 5.74) is 2.48. The SMILES string of the molecule is N#Cc1ccc(NC(=O)c2cc(NC3CC3)ccn2)cc1. The van der Waals surface area contributed by atoms with E-state index in [-0.39, 0.29) is 5.91 Å². The Morgan fingerprint density at radius 3 is 2.62 bits per heavy atom. The fourth-order valence-electron chi connectivity index (χ4n) is 1.93. The van der Waals surface area contributed by atoms with Crippen LogP contribution in [0.5, 0.6) is 0 Å². The normalized spacial score (nSPS) is 13.3. The fraction of sp³-hybridized carbons (Fsp3) is 0.188. The van der Waals surface area contributed by atoms with Crippen molar-refractivity contribution in [2.45, 2.75) is 18.9 Å². The number of benzene rings is 1. The highest BCUT2D eigenvalue weighted by Gasteiger charge is 2.21. The Morgan fingerprint density at radius 1 is 1.19 bits per heavy atom. The third kappa shape index (κ3) is 3.37. The molecule has 1 fully saturated rings. The van der Waals surface area contributed by atoms with Gasteiger partial charge in [-0.2, -0.15) is 5.26 Å². The molecule has 1 saturated carbocycles. The van der Waals surface area contributed by atoms with Crippen LogP contribution in [-0.2, 0) is 0 Å². The van der Waals surface area contributed by atoms with Gasteiger partial charge in [-0.3, -0.25) is 9.78 Å². The third-order valence-electron chi connectivity index (χ3n) is 3.21. The number of rotatable bonds is 4. The quantitative estimate of drug-likeness (QED) is 0.901. The number of carbonyl (C=O) groups excluding carboxylic acids is 1. The van der Waals surface area contributed by atoms with Crippen molar-refractivity contribution >= 4 is 17.3 Å². The molecule has 2 aromatic rings. The molecule has 1 aromatic carbocycles. The highest BCUT2D eigenvalue weighted by Crippen LogP contribution is 2.24. The van der Waals surface area contributed by atoms with Gasteiger partial charge in [-0.1, -0.05) is 0 Å². The average Bonchev–Trinajstić information content (AvgIpc) is 3.32. The number of nitrogens with one attached hydrogen (secondary N) is 2. The van der Waals surface area contributed by atoms with Crippen LogP contribution >= 0.6 is 0 Å². The second kappa shape index (κ2) is 5.63. The van der Waals surface area contributed by atoms with Crippen molar-refractivity contribution in [3.05, 3.63) is 53.9 Å². The summed E-state index contributed by atoms with van der Waals surface area (Å²) in [5.74, 6) is -0.265. The number of pyridine rings is 1. The summed E-state index contributed by atoms with van der Waals surface area (Å²) in [5, 5.41) is 14.8. The molecule has 3 rings (SSSR count). The third-order valence-corrected chi connectivity index (χ3v) is 3.21. The summed E-state index contributed by atoms with van der Waals surface area (Å²) in [7, 11) is 0. The van der Waals surface area contributed by atoms with Gasteiger partial charge in [0.1, 0.15) is 5.69 Å². The van der Waals surface area contributed by atoms with Gasteiger partial charge >= 0.3 is 0 Å². The number of nitriles is 1. The minimum absolute atomic E-state index is 0.265. The molecule has 0 bridgehead atoms. The molecule has 0 saturated heterocycles. The smallest absolute Gasteiger partial charge is 0.274 e. The molecule has 2 N–H and O–H groups in total. The maximum Gasteiger partial charge on any atom is 0.274 e. The zero-order valence-corrected chi connectivity index (χ0v) is 11.3. The van der Waals surface area contributed by atoms with Gasteiger partial charge in [0.05, 0.1) is 11.6 Å². The number of aromatic nitrogens is 1. The second-order valence-corrected chi connectivity index (χ2v) is 4.99. The van der Waals surface area contributed by atoms with Crippen molar-refractivity contribution in [3.63, 3.8) is 0 Å². The monoisotopic (exact) mass is 278 g/mol. The van der Waals surface area contributed by atoms with Crippen LogP contribution in [0, 0.1) is 11.3 Å². The van der Waals surface area contributed by atoms with Crippen molar-refractivity contribution < 1.29 is 4.79 Å². The minimum Gasteiger partial charge on any atom is -0.382 e. The molecule has 1 aromatic heterocycles. The molecule has 0 unspecified atom stereocenters. The predicted molar refractivity (Wildman–Crippen MR) is 80.0 cm³/mol. The molecule has 5 nitrogen and oxygen atoms in total. The number of hydrogen-bond acceptors (Lipinski definition) is 4. The molecular weight excluding hydrogens is 264 g/mol. The van der Waals surface area contributed by atoms with Gasteiger partial charge in [0.2, 0.25) is 0 Å².